The highest BCUT2D eigenvalue weighted by molar-refractivity contribution is 6.30. The van der Waals surface area contributed by atoms with Crippen molar-refractivity contribution >= 4 is 17.6 Å². The van der Waals surface area contributed by atoms with Gasteiger partial charge in [0.1, 0.15) is 0 Å². The molecule has 132 valence electrons. The van der Waals surface area contributed by atoms with Crippen molar-refractivity contribution in [3.05, 3.63) is 34.9 Å². The third-order valence-corrected chi connectivity index (χ3v) is 5.62. The van der Waals surface area contributed by atoms with Gasteiger partial charge in [-0.15, -0.1) is 0 Å². The van der Waals surface area contributed by atoms with Crippen LogP contribution in [0.3, 0.4) is 0 Å². The van der Waals surface area contributed by atoms with E-state index in [9.17, 15) is 4.79 Å². The summed E-state index contributed by atoms with van der Waals surface area (Å²) in [7, 11) is 1.71. The molecule has 1 aromatic carbocycles. The topological polar surface area (TPSA) is 53.6 Å². The summed E-state index contributed by atoms with van der Waals surface area (Å²) in [4.78, 5) is 14.8. The lowest BCUT2D eigenvalue weighted by Gasteiger charge is -2.47. The van der Waals surface area contributed by atoms with Crippen LogP contribution >= 0.6 is 11.6 Å². The van der Waals surface area contributed by atoms with Crippen LogP contribution in [0.2, 0.25) is 5.02 Å². The summed E-state index contributed by atoms with van der Waals surface area (Å²) in [6.07, 6.45) is 1.94. The third-order valence-electron chi connectivity index (χ3n) is 5.39. The molecule has 24 heavy (non-hydrogen) atoms. The lowest BCUT2D eigenvalue weighted by Crippen LogP contribution is -2.56. The molecule has 0 spiro atoms. The lowest BCUT2D eigenvalue weighted by atomic mass is 9.77. The number of benzene rings is 1. The van der Waals surface area contributed by atoms with Gasteiger partial charge in [-0.2, -0.15) is 0 Å². The van der Waals surface area contributed by atoms with Gasteiger partial charge in [-0.25, -0.2) is 4.79 Å². The Hall–Kier alpha value is -1.30. The molecule has 2 amide bonds. The van der Waals surface area contributed by atoms with Crippen LogP contribution in [0.5, 0.6) is 0 Å². The number of carbonyl (C=O) groups excluding carboxylic acids is 1. The molecule has 2 atom stereocenters. The number of halogens is 1. The molecule has 2 unspecified atom stereocenters. The molecule has 2 heterocycles. The van der Waals surface area contributed by atoms with E-state index < -0.39 is 5.54 Å². The molecule has 0 aliphatic carbocycles. The first-order valence-corrected chi connectivity index (χ1v) is 9.00. The number of piperidine rings is 1. The van der Waals surface area contributed by atoms with E-state index >= 15 is 0 Å². The Morgan fingerprint density at radius 2 is 2.17 bits per heavy atom. The molecule has 2 aliphatic heterocycles. The molecule has 0 bridgehead atoms. The molecule has 0 saturated carbocycles. The summed E-state index contributed by atoms with van der Waals surface area (Å²) in [6, 6.07) is 8.15. The SMILES string of the molecule is COCC(C)C1(c2cccc(Cl)c2)CNC(=O)N1C1CCNCC1. The maximum absolute atomic E-state index is 12.8. The van der Waals surface area contributed by atoms with Gasteiger partial charge >= 0.3 is 6.03 Å². The van der Waals surface area contributed by atoms with Gasteiger partial charge in [0.05, 0.1) is 12.1 Å². The highest BCUT2D eigenvalue weighted by atomic mass is 35.5. The van der Waals surface area contributed by atoms with Crippen molar-refractivity contribution in [2.24, 2.45) is 5.92 Å². The van der Waals surface area contributed by atoms with Gasteiger partial charge in [-0.1, -0.05) is 30.7 Å². The number of amides is 2. The molecule has 2 fully saturated rings. The van der Waals surface area contributed by atoms with Gasteiger partial charge in [0.25, 0.3) is 0 Å². The zero-order valence-corrected chi connectivity index (χ0v) is 15.1. The maximum atomic E-state index is 12.8. The summed E-state index contributed by atoms with van der Waals surface area (Å²) in [6.45, 7) is 5.21. The zero-order valence-electron chi connectivity index (χ0n) is 14.3. The number of rotatable bonds is 5. The maximum Gasteiger partial charge on any atom is 0.318 e. The average Bonchev–Trinajstić information content (AvgIpc) is 2.94. The second-order valence-corrected chi connectivity index (χ2v) is 7.24. The second kappa shape index (κ2) is 7.30. The van der Waals surface area contributed by atoms with E-state index in [4.69, 9.17) is 16.3 Å². The molecule has 2 N–H and O–H groups in total. The molecule has 0 aromatic heterocycles. The third kappa shape index (κ3) is 3.01. The monoisotopic (exact) mass is 351 g/mol. The minimum atomic E-state index is -0.431. The van der Waals surface area contributed by atoms with E-state index in [1.807, 2.05) is 18.2 Å². The van der Waals surface area contributed by atoms with E-state index in [2.05, 4.69) is 28.5 Å². The van der Waals surface area contributed by atoms with Gasteiger partial charge in [0.2, 0.25) is 0 Å². The van der Waals surface area contributed by atoms with E-state index in [-0.39, 0.29) is 18.0 Å². The Kier molecular flexibility index (Phi) is 5.33. The predicted molar refractivity (Wildman–Crippen MR) is 95.3 cm³/mol. The van der Waals surface area contributed by atoms with Crippen LogP contribution in [0.1, 0.15) is 25.3 Å². The lowest BCUT2D eigenvalue weighted by molar-refractivity contribution is 0.0210. The summed E-state index contributed by atoms with van der Waals surface area (Å²) in [5.41, 5.74) is 0.649. The molecular weight excluding hydrogens is 326 g/mol. The van der Waals surface area contributed by atoms with Crippen LogP contribution in [0.15, 0.2) is 24.3 Å². The van der Waals surface area contributed by atoms with Crippen molar-refractivity contribution in [3.8, 4) is 0 Å². The number of methoxy groups -OCH3 is 1. The number of nitrogens with zero attached hydrogens (tertiary/aromatic N) is 1. The minimum absolute atomic E-state index is 0.0184. The van der Waals surface area contributed by atoms with E-state index in [1.165, 1.54) is 0 Å². The second-order valence-electron chi connectivity index (χ2n) is 6.80. The summed E-state index contributed by atoms with van der Waals surface area (Å²) in [5.74, 6) is 0.148. The van der Waals surface area contributed by atoms with Crippen molar-refractivity contribution in [2.45, 2.75) is 31.3 Å². The molecule has 2 saturated heterocycles. The molecular formula is C18H26ClN3O2. The Morgan fingerprint density at radius 3 is 2.83 bits per heavy atom. The fourth-order valence-corrected chi connectivity index (χ4v) is 4.39. The zero-order chi connectivity index (χ0) is 17.2. The molecule has 6 heteroatoms. The van der Waals surface area contributed by atoms with Crippen molar-refractivity contribution < 1.29 is 9.53 Å². The van der Waals surface area contributed by atoms with Gasteiger partial charge in [-0.3, -0.25) is 0 Å². The van der Waals surface area contributed by atoms with Crippen molar-refractivity contribution in [3.63, 3.8) is 0 Å². The Morgan fingerprint density at radius 1 is 1.42 bits per heavy atom. The fraction of sp³-hybridized carbons (Fsp3) is 0.611. The number of nitrogens with one attached hydrogen (secondary N) is 2. The highest BCUT2D eigenvalue weighted by Gasteiger charge is 2.53. The molecule has 1 aromatic rings. The molecule has 0 radical (unpaired) electrons. The van der Waals surface area contributed by atoms with Crippen molar-refractivity contribution in [2.75, 3.05) is 33.4 Å². The van der Waals surface area contributed by atoms with E-state index in [1.54, 1.807) is 7.11 Å². The molecule has 5 nitrogen and oxygen atoms in total. The summed E-state index contributed by atoms with van der Waals surface area (Å²) >= 11 is 6.27. The van der Waals surface area contributed by atoms with Crippen LogP contribution in [-0.2, 0) is 10.3 Å². The Balaban J connectivity index is 2.06. The van der Waals surface area contributed by atoms with Crippen LogP contribution < -0.4 is 10.6 Å². The fourth-order valence-electron chi connectivity index (χ4n) is 4.20. The van der Waals surface area contributed by atoms with Crippen LogP contribution in [0.4, 0.5) is 4.79 Å². The Bertz CT molecular complexity index is 591. The minimum Gasteiger partial charge on any atom is -0.384 e. The first kappa shape index (κ1) is 17.5. The first-order chi connectivity index (χ1) is 11.6. The smallest absolute Gasteiger partial charge is 0.318 e. The van der Waals surface area contributed by atoms with E-state index in [0.717, 1.165) is 31.5 Å². The van der Waals surface area contributed by atoms with Crippen LogP contribution in [0, 0.1) is 5.92 Å². The highest BCUT2D eigenvalue weighted by Crippen LogP contribution is 2.42. The van der Waals surface area contributed by atoms with Crippen molar-refractivity contribution in [1.82, 2.24) is 15.5 Å². The number of hydrogen-bond donors (Lipinski definition) is 2. The average molecular weight is 352 g/mol. The number of urea groups is 1. The molecule has 2 aliphatic rings. The predicted octanol–water partition coefficient (Wildman–Crippen LogP) is 2.60. The molecule has 3 rings (SSSR count). The van der Waals surface area contributed by atoms with Crippen LogP contribution in [-0.4, -0.2) is 50.3 Å². The number of hydrogen-bond acceptors (Lipinski definition) is 3. The van der Waals surface area contributed by atoms with Gasteiger partial charge in [-0.05, 0) is 43.6 Å². The largest absolute Gasteiger partial charge is 0.384 e. The quantitative estimate of drug-likeness (QED) is 0.857. The van der Waals surface area contributed by atoms with Gasteiger partial charge in [0.15, 0.2) is 0 Å². The van der Waals surface area contributed by atoms with Gasteiger partial charge < -0.3 is 20.3 Å². The Labute approximate surface area is 148 Å². The van der Waals surface area contributed by atoms with Crippen molar-refractivity contribution in [1.29, 1.82) is 0 Å². The summed E-state index contributed by atoms with van der Waals surface area (Å²) in [5, 5.41) is 7.16. The van der Waals surface area contributed by atoms with Crippen LogP contribution in [0.25, 0.3) is 0 Å². The standard InChI is InChI=1S/C18H26ClN3O2/c1-13(11-24-2)18(14-4-3-5-15(19)10-14)12-21-17(23)22(18)16-6-8-20-9-7-16/h3-5,10,13,16,20H,6-9,11-12H2,1-2H3,(H,21,23). The normalized spacial score (nSPS) is 26.5. The first-order valence-electron chi connectivity index (χ1n) is 8.62. The number of ether oxygens (including phenoxy) is 1. The van der Waals surface area contributed by atoms with Gasteiger partial charge in [0, 0.05) is 30.6 Å². The van der Waals surface area contributed by atoms with E-state index in [0.29, 0.717) is 18.2 Å². The number of carbonyl (C=O) groups is 1. The summed E-state index contributed by atoms with van der Waals surface area (Å²) < 4.78 is 5.45.